The van der Waals surface area contributed by atoms with Crippen molar-refractivity contribution in [2.24, 2.45) is 0 Å². The molecule has 2 aromatic heterocycles. The number of nitrogens with zero attached hydrogens (tertiary/aromatic N) is 2. The van der Waals surface area contributed by atoms with Crippen LogP contribution in [0.2, 0.25) is 0 Å². The van der Waals surface area contributed by atoms with E-state index in [0.29, 0.717) is 12.2 Å². The summed E-state index contributed by atoms with van der Waals surface area (Å²) in [5, 5.41) is 4.14. The Morgan fingerprint density at radius 2 is 2.05 bits per heavy atom. The Morgan fingerprint density at radius 3 is 2.80 bits per heavy atom. The van der Waals surface area contributed by atoms with Gasteiger partial charge in [-0.3, -0.25) is 4.79 Å². The van der Waals surface area contributed by atoms with Crippen LogP contribution in [0.5, 0.6) is 5.75 Å². The molecule has 1 aromatic carbocycles. The Labute approximate surface area is 116 Å². The second-order valence-corrected chi connectivity index (χ2v) is 4.58. The van der Waals surface area contributed by atoms with Crippen molar-refractivity contribution in [3.05, 3.63) is 66.0 Å². The molecule has 0 amide bonds. The van der Waals surface area contributed by atoms with Gasteiger partial charge in [0.05, 0.1) is 17.3 Å². The van der Waals surface area contributed by atoms with Gasteiger partial charge in [0.1, 0.15) is 12.4 Å². The summed E-state index contributed by atoms with van der Waals surface area (Å²) in [4.78, 5) is 11.5. The van der Waals surface area contributed by atoms with Crippen molar-refractivity contribution in [3.8, 4) is 5.75 Å². The lowest BCUT2D eigenvalue weighted by Gasteiger charge is -2.06. The molecular weight excluding hydrogens is 252 g/mol. The predicted molar refractivity (Wildman–Crippen MR) is 76.0 cm³/mol. The summed E-state index contributed by atoms with van der Waals surface area (Å²) >= 11 is 0. The van der Waals surface area contributed by atoms with E-state index in [9.17, 15) is 4.79 Å². The SMILES string of the molecule is CC(=O)c1cnn2ccc(OCc3ccccc3)cc12. The third-order valence-corrected chi connectivity index (χ3v) is 3.12. The van der Waals surface area contributed by atoms with E-state index in [-0.39, 0.29) is 5.78 Å². The van der Waals surface area contributed by atoms with Crippen LogP contribution in [0, 0.1) is 0 Å². The van der Waals surface area contributed by atoms with Crippen LogP contribution in [0.25, 0.3) is 5.52 Å². The number of hydrogen-bond donors (Lipinski definition) is 0. The summed E-state index contributed by atoms with van der Waals surface area (Å²) in [6.45, 7) is 2.04. The molecule has 0 atom stereocenters. The van der Waals surface area contributed by atoms with E-state index >= 15 is 0 Å². The molecule has 4 heteroatoms. The zero-order chi connectivity index (χ0) is 13.9. The highest BCUT2D eigenvalue weighted by Crippen LogP contribution is 2.19. The Morgan fingerprint density at radius 1 is 1.25 bits per heavy atom. The molecule has 3 rings (SSSR count). The standard InChI is InChI=1S/C16H14N2O2/c1-12(19)15-10-17-18-8-7-14(9-16(15)18)20-11-13-5-3-2-4-6-13/h2-10H,11H2,1H3. The minimum absolute atomic E-state index is 0.000194. The second kappa shape index (κ2) is 5.17. The Hall–Kier alpha value is -2.62. The second-order valence-electron chi connectivity index (χ2n) is 4.58. The van der Waals surface area contributed by atoms with Gasteiger partial charge in [0.2, 0.25) is 0 Å². The fraction of sp³-hybridized carbons (Fsp3) is 0.125. The first-order chi connectivity index (χ1) is 9.74. The third-order valence-electron chi connectivity index (χ3n) is 3.12. The molecule has 0 fully saturated rings. The van der Waals surface area contributed by atoms with Crippen LogP contribution >= 0.6 is 0 Å². The number of aromatic nitrogens is 2. The summed E-state index contributed by atoms with van der Waals surface area (Å²) in [6.07, 6.45) is 3.38. The number of pyridine rings is 1. The zero-order valence-corrected chi connectivity index (χ0v) is 11.1. The van der Waals surface area contributed by atoms with Crippen LogP contribution in [0.4, 0.5) is 0 Å². The van der Waals surface area contributed by atoms with E-state index in [1.54, 1.807) is 16.9 Å². The number of rotatable bonds is 4. The monoisotopic (exact) mass is 266 g/mol. The van der Waals surface area contributed by atoms with Gasteiger partial charge in [-0.1, -0.05) is 30.3 Å². The summed E-state index contributed by atoms with van der Waals surface area (Å²) in [6, 6.07) is 13.6. The minimum atomic E-state index is 0.000194. The summed E-state index contributed by atoms with van der Waals surface area (Å²) in [5.41, 5.74) is 2.48. The van der Waals surface area contributed by atoms with Crippen molar-refractivity contribution < 1.29 is 9.53 Å². The van der Waals surface area contributed by atoms with Crippen LogP contribution in [-0.2, 0) is 6.61 Å². The lowest BCUT2D eigenvalue weighted by molar-refractivity contribution is 0.101. The lowest BCUT2D eigenvalue weighted by Crippen LogP contribution is -1.97. The first-order valence-corrected chi connectivity index (χ1v) is 6.39. The topological polar surface area (TPSA) is 43.6 Å². The third kappa shape index (κ3) is 2.40. The van der Waals surface area contributed by atoms with Gasteiger partial charge in [0, 0.05) is 12.3 Å². The number of benzene rings is 1. The van der Waals surface area contributed by atoms with Gasteiger partial charge in [0.25, 0.3) is 0 Å². The fourth-order valence-electron chi connectivity index (χ4n) is 2.06. The normalized spacial score (nSPS) is 10.7. The van der Waals surface area contributed by atoms with E-state index in [0.717, 1.165) is 16.8 Å². The van der Waals surface area contributed by atoms with E-state index in [4.69, 9.17) is 4.74 Å². The molecule has 20 heavy (non-hydrogen) atoms. The number of ether oxygens (including phenoxy) is 1. The molecular formula is C16H14N2O2. The maximum Gasteiger partial charge on any atom is 0.163 e. The van der Waals surface area contributed by atoms with Gasteiger partial charge < -0.3 is 4.74 Å². The first kappa shape index (κ1) is 12.4. The maximum atomic E-state index is 11.5. The van der Waals surface area contributed by atoms with Gasteiger partial charge >= 0.3 is 0 Å². The van der Waals surface area contributed by atoms with Crippen LogP contribution < -0.4 is 4.74 Å². The van der Waals surface area contributed by atoms with E-state index in [1.807, 2.05) is 42.5 Å². The molecule has 0 saturated heterocycles. The smallest absolute Gasteiger partial charge is 0.163 e. The molecule has 0 unspecified atom stereocenters. The number of fused-ring (bicyclic) bond motifs is 1. The highest BCUT2D eigenvalue weighted by molar-refractivity contribution is 6.00. The van der Waals surface area contributed by atoms with Crippen molar-refractivity contribution >= 4 is 11.3 Å². The summed E-state index contributed by atoms with van der Waals surface area (Å²) in [7, 11) is 0. The number of ketones is 1. The van der Waals surface area contributed by atoms with Crippen molar-refractivity contribution in [1.29, 1.82) is 0 Å². The molecule has 4 nitrogen and oxygen atoms in total. The van der Waals surface area contributed by atoms with E-state index in [1.165, 1.54) is 6.92 Å². The van der Waals surface area contributed by atoms with Gasteiger partial charge in [-0.25, -0.2) is 4.52 Å². The van der Waals surface area contributed by atoms with Crippen LogP contribution in [-0.4, -0.2) is 15.4 Å². The Balaban J connectivity index is 1.85. The maximum absolute atomic E-state index is 11.5. The number of carbonyl (C=O) groups is 1. The lowest BCUT2D eigenvalue weighted by atomic mass is 10.2. The molecule has 0 saturated carbocycles. The largest absolute Gasteiger partial charge is 0.489 e. The highest BCUT2D eigenvalue weighted by atomic mass is 16.5. The molecule has 0 N–H and O–H groups in total. The highest BCUT2D eigenvalue weighted by Gasteiger charge is 2.09. The molecule has 100 valence electrons. The van der Waals surface area contributed by atoms with Crippen molar-refractivity contribution in [2.45, 2.75) is 13.5 Å². The van der Waals surface area contributed by atoms with E-state index < -0.39 is 0 Å². The van der Waals surface area contributed by atoms with Gasteiger partial charge in [-0.2, -0.15) is 5.10 Å². The molecule has 2 heterocycles. The molecule has 0 aliphatic rings. The van der Waals surface area contributed by atoms with Crippen molar-refractivity contribution in [2.75, 3.05) is 0 Å². The van der Waals surface area contributed by atoms with E-state index in [2.05, 4.69) is 5.10 Å². The molecule has 0 spiro atoms. The number of hydrogen-bond acceptors (Lipinski definition) is 3. The average Bonchev–Trinajstić information content (AvgIpc) is 2.89. The minimum Gasteiger partial charge on any atom is -0.489 e. The molecule has 0 aliphatic heterocycles. The Bertz CT molecular complexity index is 748. The van der Waals surface area contributed by atoms with Crippen LogP contribution in [0.1, 0.15) is 22.8 Å². The summed E-state index contributed by atoms with van der Waals surface area (Å²) < 4.78 is 7.42. The Kier molecular flexibility index (Phi) is 3.21. The molecule has 0 aliphatic carbocycles. The average molecular weight is 266 g/mol. The zero-order valence-electron chi connectivity index (χ0n) is 11.1. The first-order valence-electron chi connectivity index (χ1n) is 6.39. The summed E-state index contributed by atoms with van der Waals surface area (Å²) in [5.74, 6) is 0.726. The van der Waals surface area contributed by atoms with Crippen molar-refractivity contribution in [1.82, 2.24) is 9.61 Å². The van der Waals surface area contributed by atoms with Crippen LogP contribution in [0.15, 0.2) is 54.9 Å². The predicted octanol–water partition coefficient (Wildman–Crippen LogP) is 3.12. The molecule has 0 bridgehead atoms. The van der Waals surface area contributed by atoms with Crippen molar-refractivity contribution in [3.63, 3.8) is 0 Å². The number of Topliss-reactive ketones (excluding diaryl/α,β-unsaturated/α-hetero) is 1. The van der Waals surface area contributed by atoms with Crippen LogP contribution in [0.3, 0.4) is 0 Å². The van der Waals surface area contributed by atoms with Gasteiger partial charge in [-0.05, 0) is 18.6 Å². The van der Waals surface area contributed by atoms with Gasteiger partial charge in [-0.15, -0.1) is 0 Å². The van der Waals surface area contributed by atoms with Gasteiger partial charge in [0.15, 0.2) is 5.78 Å². The number of carbonyl (C=O) groups excluding carboxylic acids is 1. The fourth-order valence-corrected chi connectivity index (χ4v) is 2.06. The molecule has 3 aromatic rings. The quantitative estimate of drug-likeness (QED) is 0.681. The molecule has 0 radical (unpaired) electrons.